The lowest BCUT2D eigenvalue weighted by atomic mass is 10.1. The quantitative estimate of drug-likeness (QED) is 0.770. The van der Waals surface area contributed by atoms with Gasteiger partial charge in [0.1, 0.15) is 11.8 Å². The number of aromatic nitrogens is 1. The van der Waals surface area contributed by atoms with E-state index in [1.165, 1.54) is 13.3 Å². The van der Waals surface area contributed by atoms with Gasteiger partial charge in [-0.3, -0.25) is 9.78 Å². The van der Waals surface area contributed by atoms with E-state index in [2.05, 4.69) is 4.98 Å². The van der Waals surface area contributed by atoms with Crippen molar-refractivity contribution in [1.29, 1.82) is 5.26 Å². The topological polar surface area (TPSA) is 63.0 Å². The van der Waals surface area contributed by atoms with Gasteiger partial charge in [-0.05, 0) is 30.3 Å². The highest BCUT2D eigenvalue weighted by Crippen LogP contribution is 2.24. The maximum absolute atomic E-state index is 10.9. The van der Waals surface area contributed by atoms with E-state index >= 15 is 0 Å². The fraction of sp³-hybridized carbons (Fsp3) is 0.0714. The Hall–Kier alpha value is -2.67. The molecule has 0 saturated carbocycles. The molecule has 0 radical (unpaired) electrons. The van der Waals surface area contributed by atoms with Crippen LogP contribution in [0, 0.1) is 11.3 Å². The number of rotatable bonds is 3. The minimum absolute atomic E-state index is 0.473. The molecule has 1 heterocycles. The van der Waals surface area contributed by atoms with Crippen molar-refractivity contribution in [3.63, 3.8) is 0 Å². The van der Waals surface area contributed by atoms with Crippen LogP contribution >= 0.6 is 0 Å². The summed E-state index contributed by atoms with van der Waals surface area (Å²) in [6, 6.07) is 10.7. The van der Waals surface area contributed by atoms with Crippen molar-refractivity contribution in [2.24, 2.45) is 0 Å². The van der Waals surface area contributed by atoms with Crippen molar-refractivity contribution in [2.75, 3.05) is 7.11 Å². The van der Waals surface area contributed by atoms with Gasteiger partial charge in [0.15, 0.2) is 6.29 Å². The van der Waals surface area contributed by atoms with E-state index in [4.69, 9.17) is 10.00 Å². The minimum Gasteiger partial charge on any atom is -0.496 e. The third-order valence-corrected chi connectivity index (χ3v) is 2.55. The lowest BCUT2D eigenvalue weighted by molar-refractivity contribution is 0.112. The first-order valence-electron chi connectivity index (χ1n) is 5.28. The van der Waals surface area contributed by atoms with Gasteiger partial charge in [0, 0.05) is 11.8 Å². The minimum atomic E-state index is 0.473. The summed E-state index contributed by atoms with van der Waals surface area (Å²) in [6.07, 6.45) is 2.24. The van der Waals surface area contributed by atoms with Gasteiger partial charge < -0.3 is 4.74 Å². The predicted molar refractivity (Wildman–Crippen MR) is 66.3 cm³/mol. The molecule has 0 aliphatic carbocycles. The third-order valence-electron chi connectivity index (χ3n) is 2.55. The first-order valence-corrected chi connectivity index (χ1v) is 5.28. The van der Waals surface area contributed by atoms with Gasteiger partial charge in [0.2, 0.25) is 0 Å². The van der Waals surface area contributed by atoms with Crippen molar-refractivity contribution in [2.45, 2.75) is 0 Å². The molecular formula is C14H10N2O2. The summed E-state index contributed by atoms with van der Waals surface area (Å²) in [7, 11) is 1.52. The highest BCUT2D eigenvalue weighted by atomic mass is 16.5. The van der Waals surface area contributed by atoms with Crippen molar-refractivity contribution in [3.8, 4) is 23.1 Å². The summed E-state index contributed by atoms with van der Waals surface area (Å²) in [5.74, 6) is 0.530. The first-order chi connectivity index (χ1) is 8.78. The molecule has 0 aliphatic rings. The smallest absolute Gasteiger partial charge is 0.153 e. The fourth-order valence-corrected chi connectivity index (χ4v) is 1.62. The van der Waals surface area contributed by atoms with Crippen molar-refractivity contribution in [3.05, 3.63) is 47.7 Å². The van der Waals surface area contributed by atoms with E-state index in [1.807, 2.05) is 12.1 Å². The Morgan fingerprint density at radius 2 is 2.17 bits per heavy atom. The van der Waals surface area contributed by atoms with E-state index in [0.29, 0.717) is 22.6 Å². The molecule has 0 amide bonds. The van der Waals surface area contributed by atoms with Crippen molar-refractivity contribution in [1.82, 2.24) is 4.98 Å². The van der Waals surface area contributed by atoms with E-state index < -0.39 is 0 Å². The highest BCUT2D eigenvalue weighted by molar-refractivity contribution is 5.82. The summed E-state index contributed by atoms with van der Waals surface area (Å²) in [5, 5.41) is 8.70. The van der Waals surface area contributed by atoms with Gasteiger partial charge in [-0.25, -0.2) is 0 Å². The summed E-state index contributed by atoms with van der Waals surface area (Å²) in [4.78, 5) is 15.1. The second-order valence-electron chi connectivity index (χ2n) is 3.62. The standard InChI is InChI=1S/C14H10N2O2/c1-18-14-5-3-11(6-12(14)9-17)13-4-2-10(7-15)8-16-13/h2-6,8-9H,1H3. The number of carbonyl (C=O) groups excluding carboxylic acids is 1. The number of hydrogen-bond acceptors (Lipinski definition) is 4. The highest BCUT2D eigenvalue weighted by Gasteiger charge is 2.06. The molecule has 0 unspecified atom stereocenters. The van der Waals surface area contributed by atoms with Gasteiger partial charge in [-0.1, -0.05) is 0 Å². The van der Waals surface area contributed by atoms with Crippen molar-refractivity contribution >= 4 is 6.29 Å². The molecular weight excluding hydrogens is 228 g/mol. The molecule has 0 N–H and O–H groups in total. The van der Waals surface area contributed by atoms with E-state index in [1.54, 1.807) is 24.3 Å². The summed E-state index contributed by atoms with van der Waals surface area (Å²) < 4.78 is 5.07. The predicted octanol–water partition coefficient (Wildman–Crippen LogP) is 2.44. The number of methoxy groups -OCH3 is 1. The van der Waals surface area contributed by atoms with Gasteiger partial charge in [0.05, 0.1) is 23.9 Å². The largest absolute Gasteiger partial charge is 0.496 e. The van der Waals surface area contributed by atoms with Crippen LogP contribution in [0.3, 0.4) is 0 Å². The van der Waals surface area contributed by atoms with E-state index in [0.717, 1.165) is 11.8 Å². The molecule has 0 fully saturated rings. The molecule has 0 aliphatic heterocycles. The van der Waals surface area contributed by atoms with Gasteiger partial charge in [0.25, 0.3) is 0 Å². The van der Waals surface area contributed by atoms with Gasteiger partial charge in [-0.15, -0.1) is 0 Å². The molecule has 18 heavy (non-hydrogen) atoms. The van der Waals surface area contributed by atoms with Crippen LogP contribution in [-0.4, -0.2) is 18.4 Å². The number of nitriles is 1. The normalized spacial score (nSPS) is 9.56. The van der Waals surface area contributed by atoms with Crippen LogP contribution in [-0.2, 0) is 0 Å². The van der Waals surface area contributed by atoms with Gasteiger partial charge >= 0.3 is 0 Å². The molecule has 0 atom stereocenters. The number of carbonyl (C=O) groups is 1. The molecule has 0 saturated heterocycles. The zero-order valence-electron chi connectivity index (χ0n) is 9.75. The summed E-state index contributed by atoms with van der Waals surface area (Å²) in [6.45, 7) is 0. The SMILES string of the molecule is COc1ccc(-c2ccc(C#N)cn2)cc1C=O. The Balaban J connectivity index is 2.44. The van der Waals surface area contributed by atoms with Crippen LogP contribution in [0.2, 0.25) is 0 Å². The Morgan fingerprint density at radius 1 is 1.33 bits per heavy atom. The maximum atomic E-state index is 10.9. The lowest BCUT2D eigenvalue weighted by Gasteiger charge is -2.06. The molecule has 88 valence electrons. The number of pyridine rings is 1. The molecule has 4 heteroatoms. The van der Waals surface area contributed by atoms with Crippen LogP contribution in [0.4, 0.5) is 0 Å². The monoisotopic (exact) mass is 238 g/mol. The van der Waals surface area contributed by atoms with Crippen LogP contribution in [0.25, 0.3) is 11.3 Å². The Labute approximate surface area is 104 Å². The fourth-order valence-electron chi connectivity index (χ4n) is 1.62. The average molecular weight is 238 g/mol. The van der Waals surface area contributed by atoms with Crippen LogP contribution in [0.5, 0.6) is 5.75 Å². The molecule has 2 rings (SSSR count). The van der Waals surface area contributed by atoms with Crippen LogP contribution in [0.15, 0.2) is 36.5 Å². The van der Waals surface area contributed by atoms with E-state index in [-0.39, 0.29) is 0 Å². The van der Waals surface area contributed by atoms with Crippen LogP contribution in [0.1, 0.15) is 15.9 Å². The number of ether oxygens (including phenoxy) is 1. The van der Waals surface area contributed by atoms with Crippen LogP contribution < -0.4 is 4.74 Å². The molecule has 0 spiro atoms. The second-order valence-corrected chi connectivity index (χ2v) is 3.62. The number of hydrogen-bond donors (Lipinski definition) is 0. The van der Waals surface area contributed by atoms with Gasteiger partial charge in [-0.2, -0.15) is 5.26 Å². The zero-order chi connectivity index (χ0) is 13.0. The maximum Gasteiger partial charge on any atom is 0.153 e. The first kappa shape index (κ1) is 11.8. The molecule has 2 aromatic rings. The Morgan fingerprint density at radius 3 is 2.72 bits per heavy atom. The molecule has 1 aromatic carbocycles. The summed E-state index contributed by atoms with van der Waals surface area (Å²) in [5.41, 5.74) is 2.49. The van der Waals surface area contributed by atoms with E-state index in [9.17, 15) is 4.79 Å². The average Bonchev–Trinajstić information content (AvgIpc) is 2.46. The Bertz CT molecular complexity index is 613. The zero-order valence-corrected chi connectivity index (χ0v) is 9.75. The lowest BCUT2D eigenvalue weighted by Crippen LogP contribution is -1.92. The number of benzene rings is 1. The third kappa shape index (κ3) is 2.20. The van der Waals surface area contributed by atoms with Crippen molar-refractivity contribution < 1.29 is 9.53 Å². The number of aldehydes is 1. The molecule has 4 nitrogen and oxygen atoms in total. The number of nitrogens with zero attached hydrogens (tertiary/aromatic N) is 2. The summed E-state index contributed by atoms with van der Waals surface area (Å²) >= 11 is 0. The molecule has 1 aromatic heterocycles. The second kappa shape index (κ2) is 5.11. The Kier molecular flexibility index (Phi) is 3.35. The molecule has 0 bridgehead atoms.